The van der Waals surface area contributed by atoms with E-state index in [0.29, 0.717) is 5.76 Å². The highest BCUT2D eigenvalue weighted by Gasteiger charge is 2.20. The summed E-state index contributed by atoms with van der Waals surface area (Å²) in [6.45, 7) is 2.74. The van der Waals surface area contributed by atoms with Gasteiger partial charge in [-0.3, -0.25) is 14.7 Å². The van der Waals surface area contributed by atoms with Crippen molar-refractivity contribution < 1.29 is 9.21 Å². The van der Waals surface area contributed by atoms with Gasteiger partial charge in [-0.1, -0.05) is 30.3 Å². The fourth-order valence-electron chi connectivity index (χ4n) is 3.40. The summed E-state index contributed by atoms with van der Waals surface area (Å²) >= 11 is 0. The molecule has 4 rings (SSSR count). The van der Waals surface area contributed by atoms with Gasteiger partial charge >= 0.3 is 0 Å². The Labute approximate surface area is 152 Å². The quantitative estimate of drug-likeness (QED) is 0.768. The molecule has 1 aromatic carbocycles. The maximum atomic E-state index is 12.3. The van der Waals surface area contributed by atoms with E-state index < -0.39 is 0 Å². The highest BCUT2D eigenvalue weighted by Crippen LogP contribution is 2.26. The molecule has 132 valence electrons. The minimum absolute atomic E-state index is 0.0816. The van der Waals surface area contributed by atoms with Crippen LogP contribution in [0.4, 0.5) is 5.69 Å². The van der Waals surface area contributed by atoms with Crippen molar-refractivity contribution in [1.29, 1.82) is 0 Å². The Bertz CT molecular complexity index is 876. The third-order valence-electron chi connectivity index (χ3n) is 4.66. The maximum Gasteiger partial charge on any atom is 0.232 e. The van der Waals surface area contributed by atoms with Crippen molar-refractivity contribution in [2.75, 3.05) is 11.9 Å². The summed E-state index contributed by atoms with van der Waals surface area (Å²) in [5, 5.41) is 2.99. The van der Waals surface area contributed by atoms with Crippen LogP contribution in [0.5, 0.6) is 0 Å². The average Bonchev–Trinajstić information content (AvgIpc) is 3.15. The number of hydrogen-bond donors (Lipinski definition) is 1. The lowest BCUT2D eigenvalue weighted by Crippen LogP contribution is -2.31. The van der Waals surface area contributed by atoms with Gasteiger partial charge in [0.05, 0.1) is 24.6 Å². The predicted octanol–water partition coefficient (Wildman–Crippen LogP) is 3.41. The van der Waals surface area contributed by atoms with Gasteiger partial charge in [-0.15, -0.1) is 0 Å². The van der Waals surface area contributed by atoms with E-state index in [0.717, 1.165) is 31.7 Å². The Hall–Kier alpha value is -2.92. The van der Waals surface area contributed by atoms with Gasteiger partial charge in [-0.2, -0.15) is 0 Å². The minimum atomic E-state index is -0.0816. The third-order valence-corrected chi connectivity index (χ3v) is 4.66. The standard InChI is InChI=1S/C21H21N3O2/c25-21(11-18-7-4-10-26-18)23-20-13-22-12-17-15-24(9-8-19(17)20)14-16-5-2-1-3-6-16/h1-7,10,12-13H,8-9,11,14-15H2,(H,23,25). The molecule has 0 spiro atoms. The molecule has 1 aliphatic heterocycles. The molecule has 0 unspecified atom stereocenters. The lowest BCUT2D eigenvalue weighted by molar-refractivity contribution is -0.115. The SMILES string of the molecule is O=C(Cc1ccco1)Nc1cncc2c1CCN(Cc1ccccc1)C2. The van der Waals surface area contributed by atoms with E-state index >= 15 is 0 Å². The van der Waals surface area contributed by atoms with Crippen LogP contribution in [0.3, 0.4) is 0 Å². The fourth-order valence-corrected chi connectivity index (χ4v) is 3.40. The molecule has 0 saturated heterocycles. The van der Waals surface area contributed by atoms with Crippen LogP contribution in [0.15, 0.2) is 65.5 Å². The van der Waals surface area contributed by atoms with Gasteiger partial charge in [-0.05, 0) is 35.2 Å². The van der Waals surface area contributed by atoms with Gasteiger partial charge in [0.1, 0.15) is 5.76 Å². The van der Waals surface area contributed by atoms with Gasteiger partial charge < -0.3 is 9.73 Å². The molecular weight excluding hydrogens is 326 g/mol. The van der Waals surface area contributed by atoms with Gasteiger partial charge in [-0.25, -0.2) is 0 Å². The van der Waals surface area contributed by atoms with Gasteiger partial charge in [0.2, 0.25) is 5.91 Å². The van der Waals surface area contributed by atoms with E-state index in [9.17, 15) is 4.79 Å². The number of nitrogens with zero attached hydrogens (tertiary/aromatic N) is 2. The van der Waals surface area contributed by atoms with Crippen LogP contribution in [0.2, 0.25) is 0 Å². The first-order valence-corrected chi connectivity index (χ1v) is 8.82. The van der Waals surface area contributed by atoms with Gasteiger partial charge in [0.15, 0.2) is 0 Å². The van der Waals surface area contributed by atoms with Crippen molar-refractivity contribution in [3.8, 4) is 0 Å². The molecule has 5 nitrogen and oxygen atoms in total. The first kappa shape index (κ1) is 16.5. The maximum absolute atomic E-state index is 12.3. The number of benzene rings is 1. The number of furan rings is 1. The van der Waals surface area contributed by atoms with Crippen molar-refractivity contribution in [3.63, 3.8) is 0 Å². The number of carbonyl (C=O) groups is 1. The van der Waals surface area contributed by atoms with Crippen LogP contribution in [0, 0.1) is 0 Å². The molecule has 0 radical (unpaired) electrons. The number of nitrogens with one attached hydrogen (secondary N) is 1. The molecule has 3 heterocycles. The van der Waals surface area contributed by atoms with Crippen LogP contribution in [0.1, 0.15) is 22.5 Å². The Morgan fingerprint density at radius 2 is 2.04 bits per heavy atom. The fraction of sp³-hybridized carbons (Fsp3) is 0.238. The number of rotatable bonds is 5. The molecular formula is C21H21N3O2. The molecule has 2 aromatic heterocycles. The van der Waals surface area contributed by atoms with Crippen LogP contribution < -0.4 is 5.32 Å². The number of pyridine rings is 1. The van der Waals surface area contributed by atoms with Crippen LogP contribution in [0.25, 0.3) is 0 Å². The summed E-state index contributed by atoms with van der Waals surface area (Å²) in [6.07, 6.45) is 6.37. The summed E-state index contributed by atoms with van der Waals surface area (Å²) < 4.78 is 5.24. The summed E-state index contributed by atoms with van der Waals surface area (Å²) in [5.74, 6) is 0.580. The topological polar surface area (TPSA) is 58.4 Å². The number of fused-ring (bicyclic) bond motifs is 1. The first-order chi connectivity index (χ1) is 12.8. The molecule has 1 aliphatic rings. The van der Waals surface area contributed by atoms with Crippen molar-refractivity contribution in [2.45, 2.75) is 25.9 Å². The highest BCUT2D eigenvalue weighted by molar-refractivity contribution is 5.92. The molecule has 1 N–H and O–H groups in total. The second-order valence-electron chi connectivity index (χ2n) is 6.58. The molecule has 0 bridgehead atoms. The second-order valence-corrected chi connectivity index (χ2v) is 6.58. The zero-order valence-corrected chi connectivity index (χ0v) is 14.5. The van der Waals surface area contributed by atoms with E-state index in [2.05, 4.69) is 39.5 Å². The second kappa shape index (κ2) is 7.54. The molecule has 0 aliphatic carbocycles. The molecule has 26 heavy (non-hydrogen) atoms. The lowest BCUT2D eigenvalue weighted by Gasteiger charge is -2.29. The smallest absolute Gasteiger partial charge is 0.232 e. The zero-order chi connectivity index (χ0) is 17.8. The predicted molar refractivity (Wildman–Crippen MR) is 99.5 cm³/mol. The summed E-state index contributed by atoms with van der Waals surface area (Å²) in [7, 11) is 0. The van der Waals surface area contributed by atoms with Crippen molar-refractivity contribution >= 4 is 11.6 Å². The minimum Gasteiger partial charge on any atom is -0.469 e. The third kappa shape index (κ3) is 3.83. The van der Waals surface area contributed by atoms with E-state index in [1.165, 1.54) is 16.7 Å². The average molecular weight is 347 g/mol. The molecule has 3 aromatic rings. The molecule has 0 saturated carbocycles. The Balaban J connectivity index is 1.44. The normalized spacial score (nSPS) is 14.0. The van der Waals surface area contributed by atoms with Gasteiger partial charge in [0.25, 0.3) is 0 Å². The lowest BCUT2D eigenvalue weighted by atomic mass is 9.99. The number of anilines is 1. The van der Waals surface area contributed by atoms with E-state index in [4.69, 9.17) is 4.42 Å². The van der Waals surface area contributed by atoms with E-state index in [-0.39, 0.29) is 12.3 Å². The van der Waals surface area contributed by atoms with Crippen LogP contribution in [-0.2, 0) is 30.7 Å². The summed E-state index contributed by atoms with van der Waals surface area (Å²) in [6, 6.07) is 14.1. The Morgan fingerprint density at radius 3 is 2.85 bits per heavy atom. The molecule has 0 atom stereocenters. The monoisotopic (exact) mass is 347 g/mol. The van der Waals surface area contributed by atoms with Crippen molar-refractivity contribution in [2.24, 2.45) is 0 Å². The summed E-state index contributed by atoms with van der Waals surface area (Å²) in [4.78, 5) is 19.0. The molecule has 5 heteroatoms. The van der Waals surface area contributed by atoms with Crippen LogP contribution in [-0.4, -0.2) is 22.3 Å². The Morgan fingerprint density at radius 1 is 1.15 bits per heavy atom. The van der Waals surface area contributed by atoms with E-state index in [1.54, 1.807) is 24.6 Å². The highest BCUT2D eigenvalue weighted by atomic mass is 16.3. The van der Waals surface area contributed by atoms with Crippen molar-refractivity contribution in [1.82, 2.24) is 9.88 Å². The number of hydrogen-bond acceptors (Lipinski definition) is 4. The molecule has 0 fully saturated rings. The Kier molecular flexibility index (Phi) is 4.80. The number of aromatic nitrogens is 1. The zero-order valence-electron chi connectivity index (χ0n) is 14.5. The first-order valence-electron chi connectivity index (χ1n) is 8.82. The van der Waals surface area contributed by atoms with Crippen molar-refractivity contribution in [3.05, 3.63) is 83.6 Å². The largest absolute Gasteiger partial charge is 0.469 e. The summed E-state index contributed by atoms with van der Waals surface area (Å²) in [5.41, 5.74) is 4.50. The molecule has 1 amide bonds. The van der Waals surface area contributed by atoms with E-state index in [1.807, 2.05) is 12.3 Å². The number of carbonyl (C=O) groups excluding carboxylic acids is 1. The number of amides is 1. The van der Waals surface area contributed by atoms with Gasteiger partial charge in [0, 0.05) is 25.8 Å². The van der Waals surface area contributed by atoms with Crippen LogP contribution >= 0.6 is 0 Å².